The van der Waals surface area contributed by atoms with Crippen LogP contribution in [0.1, 0.15) is 29.8 Å². The summed E-state index contributed by atoms with van der Waals surface area (Å²) in [4.78, 5) is 0. The summed E-state index contributed by atoms with van der Waals surface area (Å²) in [5, 5.41) is 4.40. The van der Waals surface area contributed by atoms with Crippen LogP contribution in [0.3, 0.4) is 0 Å². The van der Waals surface area contributed by atoms with Crippen molar-refractivity contribution in [3.63, 3.8) is 0 Å². The fraction of sp³-hybridized carbons (Fsp3) is 0.700. The number of rotatable bonds is 2. The Hall–Kier alpha value is -0.830. The van der Waals surface area contributed by atoms with E-state index in [0.29, 0.717) is 0 Å². The lowest BCUT2D eigenvalue weighted by Gasteiger charge is -2.13. The maximum absolute atomic E-state index is 5.56. The SMILES string of the molecule is COC1(c2c(C)nn(C)c2C)CC1. The molecule has 1 aliphatic rings. The van der Waals surface area contributed by atoms with E-state index in [0.717, 1.165) is 18.5 Å². The molecule has 0 spiro atoms. The number of methoxy groups -OCH3 is 1. The smallest absolute Gasteiger partial charge is 0.0965 e. The van der Waals surface area contributed by atoms with Crippen molar-refractivity contribution in [1.29, 1.82) is 0 Å². The second kappa shape index (κ2) is 2.58. The zero-order chi connectivity index (χ0) is 9.64. The van der Waals surface area contributed by atoms with E-state index in [1.54, 1.807) is 7.11 Å². The molecule has 0 N–H and O–H groups in total. The Labute approximate surface area is 78.7 Å². The Morgan fingerprint density at radius 1 is 1.38 bits per heavy atom. The minimum atomic E-state index is 0.00241. The number of nitrogens with zero attached hydrogens (tertiary/aromatic N) is 2. The molecule has 13 heavy (non-hydrogen) atoms. The zero-order valence-electron chi connectivity index (χ0n) is 8.72. The standard InChI is InChI=1S/C10H16N2O/c1-7-9(8(2)12(3)11-7)10(13-4)5-6-10/h5-6H2,1-4H3. The van der Waals surface area contributed by atoms with Crippen LogP contribution < -0.4 is 0 Å². The fourth-order valence-corrected chi connectivity index (χ4v) is 2.10. The molecule has 72 valence electrons. The van der Waals surface area contributed by atoms with Gasteiger partial charge in [0.15, 0.2) is 0 Å². The highest BCUT2D eigenvalue weighted by molar-refractivity contribution is 5.35. The molecular weight excluding hydrogens is 164 g/mol. The summed E-state index contributed by atoms with van der Waals surface area (Å²) in [5.74, 6) is 0. The average Bonchev–Trinajstić information content (AvgIpc) is 2.81. The van der Waals surface area contributed by atoms with Gasteiger partial charge in [-0.1, -0.05) is 0 Å². The maximum Gasteiger partial charge on any atom is 0.0965 e. The molecule has 1 heterocycles. The van der Waals surface area contributed by atoms with Gasteiger partial charge in [0.2, 0.25) is 0 Å². The van der Waals surface area contributed by atoms with E-state index < -0.39 is 0 Å². The third-order valence-electron chi connectivity index (χ3n) is 3.06. The van der Waals surface area contributed by atoms with Crippen LogP contribution >= 0.6 is 0 Å². The van der Waals surface area contributed by atoms with Crippen molar-refractivity contribution in [2.75, 3.05) is 7.11 Å². The van der Waals surface area contributed by atoms with E-state index in [1.807, 2.05) is 11.7 Å². The first-order valence-corrected chi connectivity index (χ1v) is 4.66. The van der Waals surface area contributed by atoms with Crippen LogP contribution in [-0.2, 0) is 17.4 Å². The van der Waals surface area contributed by atoms with E-state index in [4.69, 9.17) is 4.74 Å². The van der Waals surface area contributed by atoms with Gasteiger partial charge in [-0.2, -0.15) is 5.10 Å². The third-order valence-corrected chi connectivity index (χ3v) is 3.06. The molecule has 2 rings (SSSR count). The molecule has 0 aromatic carbocycles. The first kappa shape index (κ1) is 8.75. The van der Waals surface area contributed by atoms with Gasteiger partial charge in [-0.05, 0) is 26.7 Å². The van der Waals surface area contributed by atoms with Crippen molar-refractivity contribution in [2.24, 2.45) is 7.05 Å². The molecule has 1 aromatic heterocycles. The number of aryl methyl sites for hydroxylation is 2. The molecule has 1 aliphatic carbocycles. The van der Waals surface area contributed by atoms with Gasteiger partial charge < -0.3 is 4.74 Å². The minimum absolute atomic E-state index is 0.00241. The Bertz CT molecular complexity index is 337. The Morgan fingerprint density at radius 3 is 2.31 bits per heavy atom. The van der Waals surface area contributed by atoms with Gasteiger partial charge in [-0.25, -0.2) is 0 Å². The summed E-state index contributed by atoms with van der Waals surface area (Å²) < 4.78 is 7.49. The van der Waals surface area contributed by atoms with E-state index in [2.05, 4.69) is 18.9 Å². The number of hydrogen-bond acceptors (Lipinski definition) is 2. The molecule has 1 saturated carbocycles. The largest absolute Gasteiger partial charge is 0.373 e. The molecule has 0 radical (unpaired) electrons. The van der Waals surface area contributed by atoms with Crippen LogP contribution in [-0.4, -0.2) is 16.9 Å². The van der Waals surface area contributed by atoms with Crippen LogP contribution in [0.4, 0.5) is 0 Å². The van der Waals surface area contributed by atoms with Crippen LogP contribution in [0.2, 0.25) is 0 Å². The molecule has 0 bridgehead atoms. The van der Waals surface area contributed by atoms with Crippen LogP contribution in [0.25, 0.3) is 0 Å². The molecule has 3 heteroatoms. The lowest BCUT2D eigenvalue weighted by Crippen LogP contribution is -2.11. The summed E-state index contributed by atoms with van der Waals surface area (Å²) in [6.07, 6.45) is 2.27. The van der Waals surface area contributed by atoms with Crippen LogP contribution in [0.5, 0.6) is 0 Å². The Balaban J connectivity index is 2.50. The highest BCUT2D eigenvalue weighted by Gasteiger charge is 2.48. The summed E-state index contributed by atoms with van der Waals surface area (Å²) in [5.41, 5.74) is 3.65. The summed E-state index contributed by atoms with van der Waals surface area (Å²) in [6.45, 7) is 4.16. The zero-order valence-corrected chi connectivity index (χ0v) is 8.72. The van der Waals surface area contributed by atoms with E-state index in [1.165, 1.54) is 11.3 Å². The van der Waals surface area contributed by atoms with Gasteiger partial charge >= 0.3 is 0 Å². The predicted octanol–water partition coefficient (Wildman–Crippen LogP) is 1.67. The Morgan fingerprint density at radius 2 is 2.00 bits per heavy atom. The molecule has 0 saturated heterocycles. The maximum atomic E-state index is 5.56. The van der Waals surface area contributed by atoms with E-state index in [-0.39, 0.29) is 5.60 Å². The van der Waals surface area contributed by atoms with Gasteiger partial charge in [-0.3, -0.25) is 4.68 Å². The third kappa shape index (κ3) is 1.10. The van der Waals surface area contributed by atoms with Crippen molar-refractivity contribution >= 4 is 0 Å². The lowest BCUT2D eigenvalue weighted by molar-refractivity contribution is 0.0777. The molecule has 3 nitrogen and oxygen atoms in total. The minimum Gasteiger partial charge on any atom is -0.373 e. The van der Waals surface area contributed by atoms with E-state index >= 15 is 0 Å². The monoisotopic (exact) mass is 180 g/mol. The summed E-state index contributed by atoms with van der Waals surface area (Å²) >= 11 is 0. The summed E-state index contributed by atoms with van der Waals surface area (Å²) in [7, 11) is 3.77. The second-order valence-corrected chi connectivity index (χ2v) is 3.87. The first-order chi connectivity index (χ1) is 6.10. The van der Waals surface area contributed by atoms with Crippen molar-refractivity contribution in [2.45, 2.75) is 32.3 Å². The van der Waals surface area contributed by atoms with Crippen molar-refractivity contribution in [3.05, 3.63) is 17.0 Å². The summed E-state index contributed by atoms with van der Waals surface area (Å²) in [6, 6.07) is 0. The number of ether oxygens (including phenoxy) is 1. The van der Waals surface area contributed by atoms with Crippen molar-refractivity contribution < 1.29 is 4.74 Å². The lowest BCUT2D eigenvalue weighted by atomic mass is 10.1. The molecule has 0 amide bonds. The van der Waals surface area contributed by atoms with Gasteiger partial charge in [-0.15, -0.1) is 0 Å². The second-order valence-electron chi connectivity index (χ2n) is 3.87. The highest BCUT2D eigenvalue weighted by atomic mass is 16.5. The Kier molecular flexibility index (Phi) is 1.74. The average molecular weight is 180 g/mol. The van der Waals surface area contributed by atoms with Crippen LogP contribution in [0.15, 0.2) is 0 Å². The molecule has 1 aromatic rings. The molecular formula is C10H16N2O. The molecule has 0 atom stereocenters. The normalized spacial score (nSPS) is 19.1. The molecule has 0 aliphatic heterocycles. The highest BCUT2D eigenvalue weighted by Crippen LogP contribution is 2.50. The quantitative estimate of drug-likeness (QED) is 0.692. The van der Waals surface area contributed by atoms with Gasteiger partial charge in [0, 0.05) is 25.4 Å². The predicted molar refractivity (Wildman–Crippen MR) is 50.6 cm³/mol. The first-order valence-electron chi connectivity index (χ1n) is 4.66. The van der Waals surface area contributed by atoms with Gasteiger partial charge in [0.05, 0.1) is 11.3 Å². The van der Waals surface area contributed by atoms with E-state index in [9.17, 15) is 0 Å². The van der Waals surface area contributed by atoms with Crippen LogP contribution in [0, 0.1) is 13.8 Å². The van der Waals surface area contributed by atoms with Gasteiger partial charge in [0.25, 0.3) is 0 Å². The topological polar surface area (TPSA) is 27.1 Å². The van der Waals surface area contributed by atoms with Crippen molar-refractivity contribution in [1.82, 2.24) is 9.78 Å². The molecule has 0 unspecified atom stereocenters. The molecule has 1 fully saturated rings. The number of aromatic nitrogens is 2. The van der Waals surface area contributed by atoms with Crippen molar-refractivity contribution in [3.8, 4) is 0 Å². The number of hydrogen-bond donors (Lipinski definition) is 0. The fourth-order valence-electron chi connectivity index (χ4n) is 2.10. The van der Waals surface area contributed by atoms with Gasteiger partial charge in [0.1, 0.15) is 0 Å².